The van der Waals surface area contributed by atoms with Gasteiger partial charge in [0.2, 0.25) is 4.80 Å². The van der Waals surface area contributed by atoms with Crippen molar-refractivity contribution in [3.8, 4) is 11.5 Å². The van der Waals surface area contributed by atoms with Crippen molar-refractivity contribution in [1.29, 1.82) is 0 Å². The fourth-order valence-electron chi connectivity index (χ4n) is 2.74. The van der Waals surface area contributed by atoms with E-state index in [0.29, 0.717) is 41.1 Å². The number of fused-ring (bicyclic) bond motifs is 2. The lowest BCUT2D eigenvalue weighted by molar-refractivity contribution is 0.172. The molecule has 0 radical (unpaired) electrons. The van der Waals surface area contributed by atoms with Gasteiger partial charge in [-0.15, -0.1) is 11.0 Å². The summed E-state index contributed by atoms with van der Waals surface area (Å²) < 4.78 is 43.4. The number of nitrogens with zero attached hydrogens (tertiary/aromatic N) is 2. The fraction of sp³-hybridized carbons (Fsp3) is 0.167. The third-order valence-corrected chi connectivity index (χ3v) is 6.66. The Bertz CT molecular complexity index is 1190. The first-order valence-corrected chi connectivity index (χ1v) is 10.7. The molecule has 2 heterocycles. The molecule has 9 heteroatoms. The second-order valence-electron chi connectivity index (χ2n) is 5.77. The highest BCUT2D eigenvalue weighted by atomic mass is 35.5. The van der Waals surface area contributed by atoms with E-state index in [4.69, 9.17) is 21.1 Å². The van der Waals surface area contributed by atoms with E-state index in [1.807, 2.05) is 12.1 Å². The largest absolute Gasteiger partial charge is 0.486 e. The van der Waals surface area contributed by atoms with Crippen LogP contribution in [0.3, 0.4) is 0 Å². The second-order valence-corrected chi connectivity index (χ2v) is 8.82. The van der Waals surface area contributed by atoms with Crippen LogP contribution >= 0.6 is 22.9 Å². The molecule has 2 aromatic carbocycles. The normalized spacial score (nSPS) is 14.5. The topological polar surface area (TPSA) is 69.9 Å². The maximum atomic E-state index is 12.7. The van der Waals surface area contributed by atoms with Gasteiger partial charge in [0.25, 0.3) is 10.0 Å². The molecule has 3 aromatic rings. The molecule has 1 aromatic heterocycles. The van der Waals surface area contributed by atoms with Gasteiger partial charge in [0, 0.05) is 23.7 Å². The number of halogens is 1. The SMILES string of the molecule is C=CCn1c(=NS(=O)(=O)c2ccc(Cl)cc2)sc2cc3c(cc21)OCCO3. The maximum absolute atomic E-state index is 12.7. The number of allylic oxidation sites excluding steroid dienone is 1. The lowest BCUT2D eigenvalue weighted by Crippen LogP contribution is -2.17. The van der Waals surface area contributed by atoms with Crippen molar-refractivity contribution in [2.75, 3.05) is 13.2 Å². The van der Waals surface area contributed by atoms with E-state index in [1.54, 1.807) is 10.6 Å². The van der Waals surface area contributed by atoms with Gasteiger partial charge in [-0.25, -0.2) is 0 Å². The number of thiazole rings is 1. The van der Waals surface area contributed by atoms with Crippen molar-refractivity contribution in [3.05, 3.63) is 58.9 Å². The average Bonchev–Trinajstić information content (AvgIpc) is 2.96. The van der Waals surface area contributed by atoms with Gasteiger partial charge in [0.05, 0.1) is 15.1 Å². The van der Waals surface area contributed by atoms with Crippen molar-refractivity contribution < 1.29 is 17.9 Å². The Morgan fingerprint density at radius 3 is 2.52 bits per heavy atom. The number of benzene rings is 2. The first kappa shape index (κ1) is 18.1. The van der Waals surface area contributed by atoms with Crippen molar-refractivity contribution >= 4 is 43.2 Å². The molecular formula is C18H15ClN2O4S2. The van der Waals surface area contributed by atoms with Gasteiger partial charge < -0.3 is 14.0 Å². The van der Waals surface area contributed by atoms with Crippen LogP contribution in [0.5, 0.6) is 11.5 Å². The highest BCUT2D eigenvalue weighted by Crippen LogP contribution is 2.35. The van der Waals surface area contributed by atoms with Crippen LogP contribution in [-0.4, -0.2) is 26.2 Å². The predicted octanol–water partition coefficient (Wildman–Crippen LogP) is 3.60. The van der Waals surface area contributed by atoms with E-state index in [9.17, 15) is 8.42 Å². The van der Waals surface area contributed by atoms with Crippen LogP contribution in [0.2, 0.25) is 5.02 Å². The molecule has 4 rings (SSSR count). The summed E-state index contributed by atoms with van der Waals surface area (Å²) in [5, 5.41) is 0.461. The molecule has 0 spiro atoms. The van der Waals surface area contributed by atoms with Crippen LogP contribution < -0.4 is 14.3 Å². The van der Waals surface area contributed by atoms with E-state index < -0.39 is 10.0 Å². The van der Waals surface area contributed by atoms with Crippen LogP contribution in [0.1, 0.15) is 0 Å². The highest BCUT2D eigenvalue weighted by molar-refractivity contribution is 7.90. The summed E-state index contributed by atoms with van der Waals surface area (Å²) >= 11 is 7.11. The Balaban J connectivity index is 1.92. The molecule has 0 atom stereocenters. The lowest BCUT2D eigenvalue weighted by atomic mass is 10.2. The van der Waals surface area contributed by atoms with Crippen LogP contribution in [0.15, 0.2) is 58.3 Å². The molecule has 0 amide bonds. The first-order chi connectivity index (χ1) is 13.0. The van der Waals surface area contributed by atoms with Gasteiger partial charge in [0.15, 0.2) is 11.5 Å². The van der Waals surface area contributed by atoms with Gasteiger partial charge in [0.1, 0.15) is 13.2 Å². The number of hydrogen-bond acceptors (Lipinski definition) is 5. The van der Waals surface area contributed by atoms with Gasteiger partial charge >= 0.3 is 0 Å². The van der Waals surface area contributed by atoms with Crippen molar-refractivity contribution in [3.63, 3.8) is 0 Å². The molecule has 27 heavy (non-hydrogen) atoms. The first-order valence-electron chi connectivity index (χ1n) is 8.08. The van der Waals surface area contributed by atoms with Gasteiger partial charge in [-0.3, -0.25) is 0 Å². The Hall–Kier alpha value is -2.29. The van der Waals surface area contributed by atoms with E-state index in [-0.39, 0.29) is 4.90 Å². The molecule has 1 aliphatic rings. The van der Waals surface area contributed by atoms with Gasteiger partial charge in [-0.05, 0) is 24.3 Å². The molecule has 140 valence electrons. The minimum atomic E-state index is -3.88. The van der Waals surface area contributed by atoms with E-state index >= 15 is 0 Å². The molecule has 0 saturated heterocycles. The van der Waals surface area contributed by atoms with Gasteiger partial charge in [-0.2, -0.15) is 8.42 Å². The van der Waals surface area contributed by atoms with Crippen molar-refractivity contribution in [2.45, 2.75) is 11.4 Å². The van der Waals surface area contributed by atoms with Crippen LogP contribution in [0, 0.1) is 0 Å². The third kappa shape index (κ3) is 3.47. The molecule has 0 aliphatic carbocycles. The monoisotopic (exact) mass is 422 g/mol. The summed E-state index contributed by atoms with van der Waals surface area (Å²) in [5.74, 6) is 1.28. The molecule has 0 N–H and O–H groups in total. The molecule has 1 aliphatic heterocycles. The number of ether oxygens (including phenoxy) is 2. The quantitative estimate of drug-likeness (QED) is 0.602. The highest BCUT2D eigenvalue weighted by Gasteiger charge is 2.18. The minimum absolute atomic E-state index is 0.0838. The third-order valence-electron chi connectivity index (χ3n) is 3.97. The number of rotatable bonds is 4. The summed E-state index contributed by atoms with van der Waals surface area (Å²) in [5.41, 5.74) is 0.814. The van der Waals surface area contributed by atoms with E-state index in [0.717, 1.165) is 10.2 Å². The standard InChI is InChI=1S/C18H15ClN2O4S2/c1-2-7-21-14-10-15-16(25-9-8-24-15)11-17(14)26-18(21)20-27(22,23)13-5-3-12(19)4-6-13/h2-6,10-11H,1,7-9H2. The molecule has 0 fully saturated rings. The molecular weight excluding hydrogens is 408 g/mol. The average molecular weight is 423 g/mol. The second kappa shape index (κ2) is 7.03. The maximum Gasteiger partial charge on any atom is 0.285 e. The van der Waals surface area contributed by atoms with E-state index in [1.165, 1.54) is 35.6 Å². The Kier molecular flexibility index (Phi) is 4.71. The molecule has 6 nitrogen and oxygen atoms in total. The van der Waals surface area contributed by atoms with Crippen LogP contribution in [0.25, 0.3) is 10.2 Å². The Labute approximate surface area is 165 Å². The summed E-state index contributed by atoms with van der Waals surface area (Å²) in [6.45, 7) is 5.13. The lowest BCUT2D eigenvalue weighted by Gasteiger charge is -2.18. The smallest absolute Gasteiger partial charge is 0.285 e. The van der Waals surface area contributed by atoms with Gasteiger partial charge in [-0.1, -0.05) is 29.0 Å². The zero-order valence-corrected chi connectivity index (χ0v) is 16.5. The Morgan fingerprint density at radius 1 is 1.19 bits per heavy atom. The summed E-state index contributed by atoms with van der Waals surface area (Å²) in [4.78, 5) is 0.433. The fourth-order valence-corrected chi connectivity index (χ4v) is 5.12. The zero-order valence-electron chi connectivity index (χ0n) is 14.1. The molecule has 0 bridgehead atoms. The minimum Gasteiger partial charge on any atom is -0.486 e. The number of aromatic nitrogens is 1. The summed E-state index contributed by atoms with van der Waals surface area (Å²) in [6, 6.07) is 9.62. The van der Waals surface area contributed by atoms with Crippen LogP contribution in [0.4, 0.5) is 0 Å². The molecule has 0 saturated carbocycles. The van der Waals surface area contributed by atoms with Crippen LogP contribution in [-0.2, 0) is 16.6 Å². The van der Waals surface area contributed by atoms with E-state index in [2.05, 4.69) is 11.0 Å². The zero-order chi connectivity index (χ0) is 19.0. The number of sulfonamides is 1. The Morgan fingerprint density at radius 2 is 1.85 bits per heavy atom. The summed E-state index contributed by atoms with van der Waals surface area (Å²) in [6.07, 6.45) is 1.69. The van der Waals surface area contributed by atoms with Crippen molar-refractivity contribution in [2.24, 2.45) is 4.40 Å². The summed E-state index contributed by atoms with van der Waals surface area (Å²) in [7, 11) is -3.88. The molecule has 0 unspecified atom stereocenters. The van der Waals surface area contributed by atoms with Crippen molar-refractivity contribution in [1.82, 2.24) is 4.57 Å². The predicted molar refractivity (Wildman–Crippen MR) is 105 cm³/mol. The number of hydrogen-bond donors (Lipinski definition) is 0.